The molecule has 2 aromatic heterocycles. The molecule has 3 aromatic rings. The van der Waals surface area contributed by atoms with Gasteiger partial charge in [0.15, 0.2) is 0 Å². The molecular weight excluding hydrogens is 360 g/mol. The number of aromatic nitrogens is 1. The van der Waals surface area contributed by atoms with Crippen LogP contribution in [0.4, 0.5) is 5.00 Å². The van der Waals surface area contributed by atoms with Crippen LogP contribution in [-0.4, -0.2) is 23.5 Å². The highest BCUT2D eigenvalue weighted by molar-refractivity contribution is 7.14. The van der Waals surface area contributed by atoms with Gasteiger partial charge in [0.05, 0.1) is 12.2 Å². The van der Waals surface area contributed by atoms with Gasteiger partial charge in [-0.25, -0.2) is 9.78 Å². The molecule has 0 fully saturated rings. The number of rotatable bonds is 6. The van der Waals surface area contributed by atoms with Crippen molar-refractivity contribution in [1.82, 2.24) is 4.98 Å². The number of ether oxygens (including phenoxy) is 2. The highest BCUT2D eigenvalue weighted by Gasteiger charge is 2.16. The average molecular weight is 374 g/mol. The van der Waals surface area contributed by atoms with Gasteiger partial charge in [-0.05, 0) is 42.6 Å². The number of hydrogen-bond donors (Lipinski definition) is 1. The van der Waals surface area contributed by atoms with Crippen LogP contribution in [0.15, 0.2) is 47.3 Å². The summed E-state index contributed by atoms with van der Waals surface area (Å²) < 4.78 is 10.5. The van der Waals surface area contributed by atoms with Crippen LogP contribution in [-0.2, 0) is 4.74 Å². The van der Waals surface area contributed by atoms with Crippen molar-refractivity contribution in [2.75, 3.05) is 11.9 Å². The lowest BCUT2D eigenvalue weighted by atomic mass is 10.2. The average Bonchev–Trinajstić information content (AvgIpc) is 3.27. The summed E-state index contributed by atoms with van der Waals surface area (Å²) in [5.41, 5.74) is 0.804. The van der Waals surface area contributed by atoms with E-state index in [1.807, 2.05) is 5.38 Å². The van der Waals surface area contributed by atoms with Gasteiger partial charge in [0.1, 0.15) is 10.8 Å². The maximum Gasteiger partial charge on any atom is 0.341 e. The van der Waals surface area contributed by atoms with Crippen LogP contribution in [0.3, 0.4) is 0 Å². The number of nitrogens with one attached hydrogen (secondary N) is 1. The van der Waals surface area contributed by atoms with E-state index in [0.717, 1.165) is 0 Å². The summed E-state index contributed by atoms with van der Waals surface area (Å²) in [6.07, 6.45) is 1.66. The van der Waals surface area contributed by atoms with E-state index in [4.69, 9.17) is 9.47 Å². The van der Waals surface area contributed by atoms with Gasteiger partial charge in [0, 0.05) is 17.1 Å². The minimum atomic E-state index is -0.453. The molecule has 1 aromatic carbocycles. The largest absolute Gasteiger partial charge is 0.462 e. The van der Waals surface area contributed by atoms with E-state index in [1.165, 1.54) is 22.7 Å². The van der Waals surface area contributed by atoms with Crippen molar-refractivity contribution in [3.63, 3.8) is 0 Å². The summed E-state index contributed by atoms with van der Waals surface area (Å²) >= 11 is 2.65. The van der Waals surface area contributed by atoms with Gasteiger partial charge < -0.3 is 14.8 Å². The third-order valence-corrected chi connectivity index (χ3v) is 4.60. The Balaban J connectivity index is 1.67. The highest BCUT2D eigenvalue weighted by Crippen LogP contribution is 2.26. The van der Waals surface area contributed by atoms with Crippen molar-refractivity contribution >= 4 is 39.6 Å². The van der Waals surface area contributed by atoms with Crippen molar-refractivity contribution < 1.29 is 19.1 Å². The van der Waals surface area contributed by atoms with Crippen LogP contribution in [0, 0.1) is 0 Å². The van der Waals surface area contributed by atoms with Gasteiger partial charge in [0.25, 0.3) is 11.1 Å². The Morgan fingerprint density at radius 2 is 1.92 bits per heavy atom. The van der Waals surface area contributed by atoms with Crippen molar-refractivity contribution in [1.29, 1.82) is 0 Å². The van der Waals surface area contributed by atoms with E-state index >= 15 is 0 Å². The zero-order valence-corrected chi connectivity index (χ0v) is 14.9. The normalized spacial score (nSPS) is 10.3. The minimum absolute atomic E-state index is 0.280. The van der Waals surface area contributed by atoms with Crippen LogP contribution >= 0.6 is 22.7 Å². The molecule has 8 heteroatoms. The Bertz CT molecular complexity index is 857. The standard InChI is InChI=1S/C17H14N2O4S2/c1-2-22-16(21)13-7-9-24-15(13)19-14(20)11-3-5-12(6-4-11)23-17-18-8-10-25-17/h3-10H,2H2,1H3,(H,19,20). The number of esters is 1. The number of carbonyl (C=O) groups is 2. The number of carbonyl (C=O) groups excluding carboxylic acids is 2. The van der Waals surface area contributed by atoms with E-state index in [2.05, 4.69) is 10.3 Å². The predicted octanol–water partition coefficient (Wildman–Crippen LogP) is 4.43. The topological polar surface area (TPSA) is 77.5 Å². The number of thiazole rings is 1. The van der Waals surface area contributed by atoms with Crippen LogP contribution in [0.2, 0.25) is 0 Å². The SMILES string of the molecule is CCOC(=O)c1ccsc1NC(=O)c1ccc(Oc2nccs2)cc1. The fourth-order valence-corrected chi connectivity index (χ4v) is 3.26. The Morgan fingerprint density at radius 1 is 1.12 bits per heavy atom. The Kier molecular flexibility index (Phi) is 5.42. The van der Waals surface area contributed by atoms with E-state index in [0.29, 0.717) is 27.1 Å². The smallest absolute Gasteiger partial charge is 0.341 e. The molecule has 128 valence electrons. The molecule has 0 saturated carbocycles. The number of hydrogen-bond acceptors (Lipinski definition) is 7. The van der Waals surface area contributed by atoms with Crippen molar-refractivity contribution in [2.45, 2.75) is 6.92 Å². The number of thiophene rings is 1. The lowest BCUT2D eigenvalue weighted by Crippen LogP contribution is -2.14. The molecule has 0 bridgehead atoms. The molecule has 2 heterocycles. The summed E-state index contributed by atoms with van der Waals surface area (Å²) in [6, 6.07) is 8.31. The second-order valence-electron chi connectivity index (χ2n) is 4.76. The lowest BCUT2D eigenvalue weighted by molar-refractivity contribution is 0.0528. The number of benzene rings is 1. The van der Waals surface area contributed by atoms with E-state index in [1.54, 1.807) is 48.8 Å². The molecule has 0 atom stereocenters. The van der Waals surface area contributed by atoms with E-state index < -0.39 is 5.97 Å². The quantitative estimate of drug-likeness (QED) is 0.646. The van der Waals surface area contributed by atoms with Crippen LogP contribution < -0.4 is 10.1 Å². The summed E-state index contributed by atoms with van der Waals surface area (Å²) in [6.45, 7) is 2.01. The van der Waals surface area contributed by atoms with Crippen molar-refractivity contribution in [2.24, 2.45) is 0 Å². The molecule has 1 N–H and O–H groups in total. The summed E-state index contributed by atoms with van der Waals surface area (Å²) in [5.74, 6) is -0.171. The first kappa shape index (κ1) is 17.1. The van der Waals surface area contributed by atoms with Crippen molar-refractivity contribution in [3.05, 3.63) is 58.4 Å². The number of nitrogens with zero attached hydrogens (tertiary/aromatic N) is 1. The molecule has 0 unspecified atom stereocenters. The molecule has 25 heavy (non-hydrogen) atoms. The van der Waals surface area contributed by atoms with Gasteiger partial charge >= 0.3 is 5.97 Å². The molecule has 1 amide bonds. The number of amides is 1. The molecule has 6 nitrogen and oxygen atoms in total. The highest BCUT2D eigenvalue weighted by atomic mass is 32.1. The third-order valence-electron chi connectivity index (χ3n) is 3.12. The lowest BCUT2D eigenvalue weighted by Gasteiger charge is -2.07. The summed E-state index contributed by atoms with van der Waals surface area (Å²) in [5, 5.41) is 7.29. The summed E-state index contributed by atoms with van der Waals surface area (Å²) in [4.78, 5) is 28.3. The van der Waals surface area contributed by atoms with E-state index in [9.17, 15) is 9.59 Å². The predicted molar refractivity (Wildman–Crippen MR) is 96.9 cm³/mol. The maximum absolute atomic E-state index is 12.4. The fraction of sp³-hybridized carbons (Fsp3) is 0.118. The molecular formula is C17H14N2O4S2. The maximum atomic E-state index is 12.4. The Labute approximate surface area is 152 Å². The van der Waals surface area contributed by atoms with Crippen LogP contribution in [0.5, 0.6) is 10.9 Å². The van der Waals surface area contributed by atoms with Crippen LogP contribution in [0.1, 0.15) is 27.6 Å². The summed E-state index contributed by atoms with van der Waals surface area (Å²) in [7, 11) is 0. The number of anilines is 1. The van der Waals surface area contributed by atoms with Gasteiger partial charge in [-0.1, -0.05) is 11.3 Å². The third kappa shape index (κ3) is 4.23. The minimum Gasteiger partial charge on any atom is -0.462 e. The Morgan fingerprint density at radius 3 is 2.60 bits per heavy atom. The first-order valence-corrected chi connectivity index (χ1v) is 9.16. The molecule has 0 radical (unpaired) electrons. The van der Waals surface area contributed by atoms with Gasteiger partial charge in [0.2, 0.25) is 0 Å². The van der Waals surface area contributed by atoms with Crippen LogP contribution in [0.25, 0.3) is 0 Å². The molecule has 0 aliphatic rings. The van der Waals surface area contributed by atoms with Gasteiger partial charge in [-0.15, -0.1) is 11.3 Å². The second kappa shape index (κ2) is 7.91. The zero-order valence-electron chi connectivity index (χ0n) is 13.2. The second-order valence-corrected chi connectivity index (χ2v) is 6.54. The first-order chi connectivity index (χ1) is 12.2. The molecule has 0 aliphatic heterocycles. The van der Waals surface area contributed by atoms with Gasteiger partial charge in [-0.2, -0.15) is 0 Å². The van der Waals surface area contributed by atoms with E-state index in [-0.39, 0.29) is 12.5 Å². The fourth-order valence-electron chi connectivity index (χ4n) is 1.99. The molecule has 3 rings (SSSR count). The van der Waals surface area contributed by atoms with Crippen molar-refractivity contribution in [3.8, 4) is 10.9 Å². The molecule has 0 aliphatic carbocycles. The monoisotopic (exact) mass is 374 g/mol. The molecule has 0 spiro atoms. The first-order valence-electron chi connectivity index (χ1n) is 7.40. The zero-order chi connectivity index (χ0) is 17.6. The Hall–Kier alpha value is -2.71. The van der Waals surface area contributed by atoms with Gasteiger partial charge in [-0.3, -0.25) is 4.79 Å². The molecule has 0 saturated heterocycles.